The number of para-hydroxylation sites is 1. The zero-order chi connectivity index (χ0) is 24.1. The van der Waals surface area contributed by atoms with Gasteiger partial charge in [-0.2, -0.15) is 4.57 Å². The van der Waals surface area contributed by atoms with Crippen LogP contribution in [0.2, 0.25) is 0 Å². The molecule has 0 aliphatic heterocycles. The molecule has 0 aliphatic rings. The quantitative estimate of drug-likeness (QED) is 0.293. The van der Waals surface area contributed by atoms with Gasteiger partial charge in [0.1, 0.15) is 7.05 Å². The van der Waals surface area contributed by atoms with Gasteiger partial charge in [-0.1, -0.05) is 30.3 Å². The van der Waals surface area contributed by atoms with E-state index in [1.54, 1.807) is 13.8 Å². The predicted octanol–water partition coefficient (Wildman–Crippen LogP) is 5.55. The zero-order valence-corrected chi connectivity index (χ0v) is 19.6. The largest absolute Gasteiger partial charge is 0.450 e. The van der Waals surface area contributed by atoms with Crippen LogP contribution < -0.4 is 15.2 Å². The fourth-order valence-corrected chi connectivity index (χ4v) is 4.10. The molecule has 4 rings (SSSR count). The molecule has 7 heteroatoms. The lowest BCUT2D eigenvalue weighted by molar-refractivity contribution is -0.651. The number of nitrogens with one attached hydrogen (secondary N) is 2. The summed E-state index contributed by atoms with van der Waals surface area (Å²) in [5.74, 6) is 0. The van der Waals surface area contributed by atoms with Gasteiger partial charge in [0.2, 0.25) is 5.52 Å². The van der Waals surface area contributed by atoms with Gasteiger partial charge in [0.25, 0.3) is 0 Å². The minimum atomic E-state index is -0.474. The Morgan fingerprint density at radius 3 is 2.06 bits per heavy atom. The Morgan fingerprint density at radius 2 is 1.38 bits per heavy atom. The average molecular weight is 459 g/mol. The summed E-state index contributed by atoms with van der Waals surface area (Å²) in [5.41, 5.74) is 4.67. The van der Waals surface area contributed by atoms with Crippen LogP contribution >= 0.6 is 0 Å². The number of hydrogen-bond acceptors (Lipinski definition) is 4. The van der Waals surface area contributed by atoms with Gasteiger partial charge >= 0.3 is 12.2 Å². The van der Waals surface area contributed by atoms with Crippen molar-refractivity contribution in [1.82, 2.24) is 0 Å². The van der Waals surface area contributed by atoms with Crippen molar-refractivity contribution in [3.63, 3.8) is 0 Å². The van der Waals surface area contributed by atoms with Crippen LogP contribution in [0.3, 0.4) is 0 Å². The molecule has 1 heterocycles. The second-order valence-corrected chi connectivity index (χ2v) is 7.85. The topological polar surface area (TPSA) is 80.5 Å². The minimum Gasteiger partial charge on any atom is -0.450 e. The molecule has 0 saturated heterocycles. The fourth-order valence-electron chi connectivity index (χ4n) is 4.10. The molecule has 0 spiro atoms. The molecule has 0 bridgehead atoms. The summed E-state index contributed by atoms with van der Waals surface area (Å²) >= 11 is 0. The van der Waals surface area contributed by atoms with Crippen molar-refractivity contribution in [2.24, 2.45) is 7.05 Å². The van der Waals surface area contributed by atoms with Crippen LogP contribution in [0.15, 0.2) is 66.7 Å². The third-order valence-corrected chi connectivity index (χ3v) is 5.66. The number of fused-ring (bicyclic) bond motifs is 3. The molecule has 3 aromatic carbocycles. The molecule has 0 saturated carbocycles. The lowest BCUT2D eigenvalue weighted by atomic mass is 9.98. The maximum Gasteiger partial charge on any atom is 0.411 e. The molecule has 4 aromatic rings. The Balaban J connectivity index is 1.74. The van der Waals surface area contributed by atoms with E-state index in [-0.39, 0.29) is 0 Å². The van der Waals surface area contributed by atoms with Crippen molar-refractivity contribution in [1.29, 1.82) is 0 Å². The number of hydrogen-bond donors (Lipinski definition) is 2. The fraction of sp³-hybridized carbons (Fsp3) is 0.222. The van der Waals surface area contributed by atoms with Gasteiger partial charge in [-0.3, -0.25) is 10.6 Å². The van der Waals surface area contributed by atoms with Gasteiger partial charge < -0.3 is 9.47 Å². The number of ether oxygens (including phenoxy) is 2. The highest BCUT2D eigenvalue weighted by atomic mass is 16.6. The van der Waals surface area contributed by atoms with Crippen molar-refractivity contribution in [2.45, 2.75) is 20.3 Å². The summed E-state index contributed by atoms with van der Waals surface area (Å²) in [5, 5.41) is 8.82. The van der Waals surface area contributed by atoms with Crippen LogP contribution in [-0.4, -0.2) is 25.4 Å². The van der Waals surface area contributed by atoms with Crippen LogP contribution in [-0.2, 0) is 22.9 Å². The van der Waals surface area contributed by atoms with Gasteiger partial charge in [0.15, 0.2) is 5.69 Å². The van der Waals surface area contributed by atoms with E-state index in [1.807, 2.05) is 54.6 Å². The van der Waals surface area contributed by atoms with Crippen LogP contribution in [0.25, 0.3) is 21.7 Å². The Bertz CT molecular complexity index is 1350. The van der Waals surface area contributed by atoms with Crippen molar-refractivity contribution >= 4 is 45.2 Å². The lowest BCUT2D eigenvalue weighted by Gasteiger charge is -2.12. The van der Waals surface area contributed by atoms with Gasteiger partial charge in [-0.15, -0.1) is 0 Å². The standard InChI is InChI=1S/C27H27N3O4/c1-4-33-26(31)28-19-12-10-18(11-13-19)16-25-23-17-20(29-27(32)34-5-2)14-15-21(23)22-8-6-7-9-24(22)30(25)3/h6-15,17H,4-5,16H2,1-3H3,(H-,28,29,31,32)/p+1. The number of aryl methyl sites for hydroxylation is 1. The highest BCUT2D eigenvalue weighted by molar-refractivity contribution is 6.06. The van der Waals surface area contributed by atoms with E-state index in [0.29, 0.717) is 31.0 Å². The average Bonchev–Trinajstić information content (AvgIpc) is 2.83. The van der Waals surface area contributed by atoms with Gasteiger partial charge in [0, 0.05) is 22.8 Å². The van der Waals surface area contributed by atoms with Gasteiger partial charge in [0.05, 0.1) is 30.4 Å². The monoisotopic (exact) mass is 458 g/mol. The van der Waals surface area contributed by atoms with E-state index in [4.69, 9.17) is 9.47 Å². The number of carbonyl (C=O) groups is 2. The first-order chi connectivity index (χ1) is 16.5. The lowest BCUT2D eigenvalue weighted by Crippen LogP contribution is -2.35. The summed E-state index contributed by atoms with van der Waals surface area (Å²) in [6.45, 7) is 4.18. The third kappa shape index (κ3) is 4.93. The molecular weight excluding hydrogens is 430 g/mol. The summed E-state index contributed by atoms with van der Waals surface area (Å²) in [7, 11) is 2.05. The maximum atomic E-state index is 12.0. The molecule has 2 amide bonds. The summed E-state index contributed by atoms with van der Waals surface area (Å²) in [6, 6.07) is 21.9. The van der Waals surface area contributed by atoms with E-state index < -0.39 is 12.2 Å². The molecule has 2 N–H and O–H groups in total. The highest BCUT2D eigenvalue weighted by Crippen LogP contribution is 2.29. The van der Waals surface area contributed by atoms with E-state index in [9.17, 15) is 9.59 Å². The third-order valence-electron chi connectivity index (χ3n) is 5.66. The summed E-state index contributed by atoms with van der Waals surface area (Å²) < 4.78 is 12.2. The second kappa shape index (κ2) is 10.2. The molecule has 0 fully saturated rings. The Labute approximate surface area is 198 Å². The predicted molar refractivity (Wildman–Crippen MR) is 133 cm³/mol. The summed E-state index contributed by atoms with van der Waals surface area (Å²) in [6.07, 6.45) is -0.275. The summed E-state index contributed by atoms with van der Waals surface area (Å²) in [4.78, 5) is 23.7. The minimum absolute atomic E-state index is 0.311. The normalized spacial score (nSPS) is 10.8. The number of aromatic nitrogens is 1. The molecule has 34 heavy (non-hydrogen) atoms. The van der Waals surface area contributed by atoms with Crippen molar-refractivity contribution in [3.05, 3.63) is 78.0 Å². The van der Waals surface area contributed by atoms with Crippen LogP contribution in [0.5, 0.6) is 0 Å². The van der Waals surface area contributed by atoms with Crippen LogP contribution in [0.4, 0.5) is 21.0 Å². The van der Waals surface area contributed by atoms with Crippen molar-refractivity contribution in [3.8, 4) is 0 Å². The number of nitrogens with zero attached hydrogens (tertiary/aromatic N) is 1. The SMILES string of the molecule is CCOC(=O)Nc1ccc(Cc2c3cc(NC(=O)OCC)ccc3c3ccccc3[n+]2C)cc1. The number of pyridine rings is 1. The van der Waals surface area contributed by atoms with Crippen molar-refractivity contribution in [2.75, 3.05) is 23.8 Å². The van der Waals surface area contributed by atoms with E-state index >= 15 is 0 Å². The Kier molecular flexibility index (Phi) is 6.92. The molecule has 0 aliphatic carbocycles. The molecule has 0 atom stereocenters. The van der Waals surface area contributed by atoms with Gasteiger partial charge in [-0.05, 0) is 49.7 Å². The molecule has 1 aromatic heterocycles. The number of amides is 2. The van der Waals surface area contributed by atoms with E-state index in [2.05, 4.69) is 34.4 Å². The molecule has 0 unspecified atom stereocenters. The molecule has 174 valence electrons. The smallest absolute Gasteiger partial charge is 0.411 e. The number of anilines is 2. The van der Waals surface area contributed by atoms with E-state index in [0.717, 1.165) is 32.9 Å². The molecular formula is C27H28N3O4+. The van der Waals surface area contributed by atoms with Crippen LogP contribution in [0, 0.1) is 0 Å². The van der Waals surface area contributed by atoms with E-state index in [1.165, 1.54) is 0 Å². The first-order valence-corrected chi connectivity index (χ1v) is 11.3. The zero-order valence-electron chi connectivity index (χ0n) is 19.6. The Morgan fingerprint density at radius 1 is 0.765 bits per heavy atom. The molecule has 0 radical (unpaired) electrons. The molecule has 7 nitrogen and oxygen atoms in total. The number of carbonyl (C=O) groups excluding carboxylic acids is 2. The number of benzene rings is 3. The Hall–Kier alpha value is -4.13. The second-order valence-electron chi connectivity index (χ2n) is 7.85. The van der Waals surface area contributed by atoms with Gasteiger partial charge in [-0.25, -0.2) is 9.59 Å². The van der Waals surface area contributed by atoms with Crippen molar-refractivity contribution < 1.29 is 23.6 Å². The first-order valence-electron chi connectivity index (χ1n) is 11.3. The first kappa shape index (κ1) is 23.0. The highest BCUT2D eigenvalue weighted by Gasteiger charge is 2.20. The van der Waals surface area contributed by atoms with Crippen LogP contribution in [0.1, 0.15) is 25.1 Å². The number of rotatable bonds is 6. The maximum absolute atomic E-state index is 12.0.